The molecule has 1 heterocycles. The molecule has 1 fully saturated rings. The van der Waals surface area contributed by atoms with Crippen molar-refractivity contribution in [3.05, 3.63) is 35.4 Å². The van der Waals surface area contributed by atoms with Crippen molar-refractivity contribution in [3.63, 3.8) is 0 Å². The van der Waals surface area contributed by atoms with E-state index in [-0.39, 0.29) is 11.7 Å². The summed E-state index contributed by atoms with van der Waals surface area (Å²) in [5.41, 5.74) is 1.66. The molecular weight excluding hydrogens is 278 g/mol. The number of amides is 1. The van der Waals surface area contributed by atoms with Crippen LogP contribution in [0.2, 0.25) is 0 Å². The van der Waals surface area contributed by atoms with E-state index in [0.717, 1.165) is 6.42 Å². The van der Waals surface area contributed by atoms with E-state index >= 15 is 0 Å². The zero-order valence-corrected chi connectivity index (χ0v) is 14.3. The highest BCUT2D eigenvalue weighted by Gasteiger charge is 2.38. The van der Waals surface area contributed by atoms with E-state index in [1.807, 2.05) is 32.9 Å². The maximum absolute atomic E-state index is 12.1. The Morgan fingerprint density at radius 2 is 2.00 bits per heavy atom. The summed E-state index contributed by atoms with van der Waals surface area (Å²) in [5, 5.41) is 0. The van der Waals surface area contributed by atoms with E-state index in [1.165, 1.54) is 11.1 Å². The molecule has 1 saturated heterocycles. The van der Waals surface area contributed by atoms with Crippen LogP contribution >= 0.6 is 0 Å². The van der Waals surface area contributed by atoms with Crippen LogP contribution < -0.4 is 0 Å². The number of carbonyl (C=O) groups excluding carboxylic acids is 1. The number of benzene rings is 1. The highest BCUT2D eigenvalue weighted by Crippen LogP contribution is 2.28. The molecular formula is C18H27NO3. The Labute approximate surface area is 133 Å². The van der Waals surface area contributed by atoms with Crippen molar-refractivity contribution in [1.82, 2.24) is 4.90 Å². The standard InChI is InChI=1S/C18H27NO3/c1-14-8-6-7-9-15(14)12-21-18(5)10-11-19(13-18)16(20)22-17(2,3)4/h6-9H,10-13H2,1-5H3. The zero-order chi connectivity index (χ0) is 16.4. The van der Waals surface area contributed by atoms with Gasteiger partial charge in [0.15, 0.2) is 0 Å². The first-order chi connectivity index (χ1) is 10.2. The fourth-order valence-corrected chi connectivity index (χ4v) is 2.56. The smallest absolute Gasteiger partial charge is 0.410 e. The van der Waals surface area contributed by atoms with Crippen molar-refractivity contribution >= 4 is 6.09 Å². The van der Waals surface area contributed by atoms with Gasteiger partial charge < -0.3 is 14.4 Å². The van der Waals surface area contributed by atoms with Crippen LogP contribution in [-0.2, 0) is 16.1 Å². The second-order valence-corrected chi connectivity index (χ2v) is 7.32. The number of likely N-dealkylation sites (tertiary alicyclic amines) is 1. The lowest BCUT2D eigenvalue weighted by molar-refractivity contribution is -0.0376. The topological polar surface area (TPSA) is 38.8 Å². The van der Waals surface area contributed by atoms with Gasteiger partial charge in [0.25, 0.3) is 0 Å². The predicted molar refractivity (Wildman–Crippen MR) is 86.8 cm³/mol. The molecule has 0 aromatic heterocycles. The molecule has 0 saturated carbocycles. The third-order valence-electron chi connectivity index (χ3n) is 3.92. The predicted octanol–water partition coefficient (Wildman–Crippen LogP) is 3.91. The fourth-order valence-electron chi connectivity index (χ4n) is 2.56. The monoisotopic (exact) mass is 305 g/mol. The Morgan fingerprint density at radius 3 is 2.64 bits per heavy atom. The number of rotatable bonds is 3. The second-order valence-electron chi connectivity index (χ2n) is 7.32. The van der Waals surface area contributed by atoms with E-state index < -0.39 is 5.60 Å². The fraction of sp³-hybridized carbons (Fsp3) is 0.611. The van der Waals surface area contributed by atoms with E-state index in [2.05, 4.69) is 26.0 Å². The maximum Gasteiger partial charge on any atom is 0.410 e. The zero-order valence-electron chi connectivity index (χ0n) is 14.3. The molecule has 0 bridgehead atoms. The van der Waals surface area contributed by atoms with Crippen molar-refractivity contribution in [2.45, 2.75) is 58.8 Å². The molecule has 4 nitrogen and oxygen atoms in total. The first-order valence-corrected chi connectivity index (χ1v) is 7.85. The molecule has 2 rings (SSSR count). The lowest BCUT2D eigenvalue weighted by Gasteiger charge is -2.27. The molecule has 1 atom stereocenters. The molecule has 1 aromatic rings. The average Bonchev–Trinajstić information content (AvgIpc) is 2.79. The lowest BCUT2D eigenvalue weighted by Crippen LogP contribution is -2.39. The van der Waals surface area contributed by atoms with Gasteiger partial charge in [-0.3, -0.25) is 0 Å². The quantitative estimate of drug-likeness (QED) is 0.850. The third kappa shape index (κ3) is 4.47. The van der Waals surface area contributed by atoms with Crippen LogP contribution in [-0.4, -0.2) is 35.3 Å². The molecule has 1 unspecified atom stereocenters. The summed E-state index contributed by atoms with van der Waals surface area (Å²) in [6.07, 6.45) is 0.578. The van der Waals surface area contributed by atoms with Crippen LogP contribution in [0.4, 0.5) is 4.79 Å². The van der Waals surface area contributed by atoms with Gasteiger partial charge >= 0.3 is 6.09 Å². The van der Waals surface area contributed by atoms with Crippen LogP contribution in [0.15, 0.2) is 24.3 Å². The van der Waals surface area contributed by atoms with Gasteiger partial charge in [-0.15, -0.1) is 0 Å². The Hall–Kier alpha value is -1.55. The molecule has 1 amide bonds. The Morgan fingerprint density at radius 1 is 1.32 bits per heavy atom. The Kier molecular flexibility index (Phi) is 4.81. The molecule has 0 radical (unpaired) electrons. The minimum atomic E-state index is -0.460. The number of hydrogen-bond donors (Lipinski definition) is 0. The van der Waals surface area contributed by atoms with E-state index in [0.29, 0.717) is 19.7 Å². The van der Waals surface area contributed by atoms with Crippen LogP contribution in [0.1, 0.15) is 45.2 Å². The summed E-state index contributed by atoms with van der Waals surface area (Å²) in [4.78, 5) is 13.9. The van der Waals surface area contributed by atoms with Crippen LogP contribution in [0, 0.1) is 6.92 Å². The van der Waals surface area contributed by atoms with Crippen molar-refractivity contribution in [1.29, 1.82) is 0 Å². The van der Waals surface area contributed by atoms with Crippen LogP contribution in [0.3, 0.4) is 0 Å². The summed E-state index contributed by atoms with van der Waals surface area (Å²) in [7, 11) is 0. The highest BCUT2D eigenvalue weighted by atomic mass is 16.6. The van der Waals surface area contributed by atoms with E-state index in [1.54, 1.807) is 4.90 Å². The van der Waals surface area contributed by atoms with Gasteiger partial charge in [0, 0.05) is 6.54 Å². The SMILES string of the molecule is Cc1ccccc1COC1(C)CCN(C(=O)OC(C)(C)C)C1. The largest absolute Gasteiger partial charge is 0.444 e. The molecule has 1 aliphatic rings. The lowest BCUT2D eigenvalue weighted by atomic mass is 10.1. The summed E-state index contributed by atoms with van der Waals surface area (Å²) >= 11 is 0. The molecule has 122 valence electrons. The first-order valence-electron chi connectivity index (χ1n) is 7.85. The van der Waals surface area contributed by atoms with Gasteiger partial charge in [0.2, 0.25) is 0 Å². The Balaban J connectivity index is 1.91. The van der Waals surface area contributed by atoms with Gasteiger partial charge in [-0.05, 0) is 52.2 Å². The van der Waals surface area contributed by atoms with Gasteiger partial charge in [0.1, 0.15) is 5.60 Å². The summed E-state index contributed by atoms with van der Waals surface area (Å²) < 4.78 is 11.5. The molecule has 4 heteroatoms. The normalized spacial score (nSPS) is 22.0. The number of aryl methyl sites for hydroxylation is 1. The maximum atomic E-state index is 12.1. The first kappa shape index (κ1) is 16.8. The van der Waals surface area contributed by atoms with Crippen molar-refractivity contribution in [3.8, 4) is 0 Å². The second kappa shape index (κ2) is 6.29. The summed E-state index contributed by atoms with van der Waals surface area (Å²) in [6.45, 7) is 11.6. The van der Waals surface area contributed by atoms with E-state index in [9.17, 15) is 4.79 Å². The van der Waals surface area contributed by atoms with Gasteiger partial charge in [-0.25, -0.2) is 4.79 Å². The number of ether oxygens (including phenoxy) is 2. The van der Waals surface area contributed by atoms with Crippen molar-refractivity contribution < 1.29 is 14.3 Å². The van der Waals surface area contributed by atoms with Gasteiger partial charge in [0.05, 0.1) is 18.8 Å². The molecule has 0 aliphatic carbocycles. The molecule has 1 aliphatic heterocycles. The molecule has 22 heavy (non-hydrogen) atoms. The minimum absolute atomic E-state index is 0.254. The minimum Gasteiger partial charge on any atom is -0.444 e. The number of hydrogen-bond acceptors (Lipinski definition) is 3. The molecule has 1 aromatic carbocycles. The number of carbonyl (C=O) groups is 1. The average molecular weight is 305 g/mol. The van der Waals surface area contributed by atoms with E-state index in [4.69, 9.17) is 9.47 Å². The van der Waals surface area contributed by atoms with Crippen LogP contribution in [0.5, 0.6) is 0 Å². The summed E-state index contributed by atoms with van der Waals surface area (Å²) in [6, 6.07) is 8.22. The van der Waals surface area contributed by atoms with Crippen molar-refractivity contribution in [2.24, 2.45) is 0 Å². The summed E-state index contributed by atoms with van der Waals surface area (Å²) in [5.74, 6) is 0. The number of nitrogens with zero attached hydrogens (tertiary/aromatic N) is 1. The van der Waals surface area contributed by atoms with Crippen molar-refractivity contribution in [2.75, 3.05) is 13.1 Å². The third-order valence-corrected chi connectivity index (χ3v) is 3.92. The Bertz CT molecular complexity index is 535. The van der Waals surface area contributed by atoms with Gasteiger partial charge in [-0.2, -0.15) is 0 Å². The van der Waals surface area contributed by atoms with Crippen LogP contribution in [0.25, 0.3) is 0 Å². The van der Waals surface area contributed by atoms with Gasteiger partial charge in [-0.1, -0.05) is 24.3 Å². The highest BCUT2D eigenvalue weighted by molar-refractivity contribution is 5.68. The molecule has 0 N–H and O–H groups in total. The molecule has 0 spiro atoms.